The van der Waals surface area contributed by atoms with Gasteiger partial charge in [-0.25, -0.2) is 0 Å². The molecule has 2 aromatic rings. The molecule has 0 spiro atoms. The highest BCUT2D eigenvalue weighted by Crippen LogP contribution is 2.22. The first-order chi connectivity index (χ1) is 9.04. The van der Waals surface area contributed by atoms with Crippen molar-refractivity contribution in [3.63, 3.8) is 0 Å². The van der Waals surface area contributed by atoms with Gasteiger partial charge >= 0.3 is 0 Å². The summed E-state index contributed by atoms with van der Waals surface area (Å²) in [5.74, 6) is -0.0878. The van der Waals surface area contributed by atoms with Gasteiger partial charge in [0.15, 0.2) is 0 Å². The Morgan fingerprint density at radius 1 is 1.53 bits per heavy atom. The van der Waals surface area contributed by atoms with Crippen LogP contribution in [0.1, 0.15) is 41.6 Å². The number of ketones is 1. The molecule has 0 unspecified atom stereocenters. The minimum Gasteiger partial charge on any atom is -0.325 e. The monoisotopic (exact) mass is 322 g/mol. The molecular formula is C13H15BrN4O. The Labute approximate surface area is 120 Å². The number of hydrogen-bond acceptors (Lipinski definition) is 4. The van der Waals surface area contributed by atoms with Crippen LogP contribution in [-0.4, -0.2) is 20.5 Å². The summed E-state index contributed by atoms with van der Waals surface area (Å²) in [6.07, 6.45) is 3.23. The SMILES string of the molecule is CC(C)n1ncc(Br)c1C(=O)c1ccnc(CN)c1. The van der Waals surface area contributed by atoms with E-state index in [9.17, 15) is 4.79 Å². The van der Waals surface area contributed by atoms with Gasteiger partial charge in [0, 0.05) is 24.3 Å². The molecule has 2 rings (SSSR count). The second kappa shape index (κ2) is 5.63. The molecule has 2 aromatic heterocycles. The molecule has 0 saturated heterocycles. The third-order valence-corrected chi connectivity index (χ3v) is 3.32. The fraction of sp³-hybridized carbons (Fsp3) is 0.308. The normalized spacial score (nSPS) is 11.0. The predicted octanol–water partition coefficient (Wildman–Crippen LogP) is 2.31. The van der Waals surface area contributed by atoms with Crippen LogP contribution in [0.3, 0.4) is 0 Å². The van der Waals surface area contributed by atoms with Gasteiger partial charge in [0.2, 0.25) is 5.78 Å². The molecule has 0 radical (unpaired) electrons. The van der Waals surface area contributed by atoms with E-state index in [4.69, 9.17) is 5.73 Å². The average molecular weight is 323 g/mol. The summed E-state index contributed by atoms with van der Waals surface area (Å²) in [4.78, 5) is 16.7. The van der Waals surface area contributed by atoms with E-state index in [-0.39, 0.29) is 11.8 Å². The van der Waals surface area contributed by atoms with Crippen LogP contribution in [0.4, 0.5) is 0 Å². The molecule has 2 N–H and O–H groups in total. The summed E-state index contributed by atoms with van der Waals surface area (Å²) in [6, 6.07) is 3.51. The lowest BCUT2D eigenvalue weighted by Crippen LogP contribution is -2.14. The fourth-order valence-corrected chi connectivity index (χ4v) is 2.27. The molecule has 100 valence electrons. The molecule has 0 fully saturated rings. The zero-order chi connectivity index (χ0) is 14.0. The molecule has 0 aliphatic heterocycles. The van der Waals surface area contributed by atoms with Gasteiger partial charge in [-0.15, -0.1) is 0 Å². The van der Waals surface area contributed by atoms with E-state index in [2.05, 4.69) is 26.0 Å². The molecule has 0 saturated carbocycles. The summed E-state index contributed by atoms with van der Waals surface area (Å²) < 4.78 is 2.40. The van der Waals surface area contributed by atoms with Crippen LogP contribution in [0, 0.1) is 0 Å². The minimum atomic E-state index is -0.0878. The second-order valence-corrected chi connectivity index (χ2v) is 5.30. The third kappa shape index (κ3) is 2.74. The number of nitrogens with two attached hydrogens (primary N) is 1. The van der Waals surface area contributed by atoms with Crippen molar-refractivity contribution in [2.75, 3.05) is 0 Å². The van der Waals surface area contributed by atoms with Crippen LogP contribution in [0.15, 0.2) is 29.0 Å². The first kappa shape index (κ1) is 13.9. The average Bonchev–Trinajstić information content (AvgIpc) is 2.80. The van der Waals surface area contributed by atoms with Gasteiger partial charge in [-0.3, -0.25) is 14.5 Å². The molecule has 2 heterocycles. The van der Waals surface area contributed by atoms with E-state index < -0.39 is 0 Å². The van der Waals surface area contributed by atoms with Crippen LogP contribution in [0.5, 0.6) is 0 Å². The highest BCUT2D eigenvalue weighted by atomic mass is 79.9. The quantitative estimate of drug-likeness (QED) is 0.876. The predicted molar refractivity (Wildman–Crippen MR) is 75.9 cm³/mol. The Bertz CT molecular complexity index is 606. The number of carbonyl (C=O) groups is 1. The van der Waals surface area contributed by atoms with E-state index >= 15 is 0 Å². The zero-order valence-electron chi connectivity index (χ0n) is 10.8. The zero-order valence-corrected chi connectivity index (χ0v) is 12.4. The van der Waals surface area contributed by atoms with Crippen LogP contribution >= 0.6 is 15.9 Å². The number of aromatic nitrogens is 3. The van der Waals surface area contributed by atoms with Crippen molar-refractivity contribution < 1.29 is 4.79 Å². The molecule has 6 heteroatoms. The molecule has 0 bridgehead atoms. The van der Waals surface area contributed by atoms with Gasteiger partial charge in [0.1, 0.15) is 5.69 Å². The topological polar surface area (TPSA) is 73.8 Å². The summed E-state index contributed by atoms with van der Waals surface area (Å²) in [5, 5.41) is 4.21. The van der Waals surface area contributed by atoms with Gasteiger partial charge in [-0.05, 0) is 41.9 Å². The van der Waals surface area contributed by atoms with E-state index in [1.807, 2.05) is 13.8 Å². The maximum atomic E-state index is 12.6. The van der Waals surface area contributed by atoms with Gasteiger partial charge < -0.3 is 5.73 Å². The molecule has 5 nitrogen and oxygen atoms in total. The summed E-state index contributed by atoms with van der Waals surface area (Å²) >= 11 is 3.37. The Morgan fingerprint density at radius 3 is 2.89 bits per heavy atom. The van der Waals surface area contributed by atoms with Crippen molar-refractivity contribution in [1.82, 2.24) is 14.8 Å². The highest BCUT2D eigenvalue weighted by Gasteiger charge is 2.20. The fourth-order valence-electron chi connectivity index (χ4n) is 1.81. The summed E-state index contributed by atoms with van der Waals surface area (Å²) in [5.41, 5.74) is 7.35. The Balaban J connectivity index is 2.46. The number of halogens is 1. The molecule has 0 atom stereocenters. The number of pyridine rings is 1. The third-order valence-electron chi connectivity index (χ3n) is 2.74. The van der Waals surface area contributed by atoms with Gasteiger partial charge in [0.25, 0.3) is 0 Å². The molecule has 0 aliphatic carbocycles. The van der Waals surface area contributed by atoms with Gasteiger partial charge in [-0.2, -0.15) is 5.10 Å². The molecule has 19 heavy (non-hydrogen) atoms. The Hall–Kier alpha value is -1.53. The Morgan fingerprint density at radius 2 is 2.26 bits per heavy atom. The van der Waals surface area contributed by atoms with E-state index in [1.54, 1.807) is 29.2 Å². The lowest BCUT2D eigenvalue weighted by Gasteiger charge is -2.11. The smallest absolute Gasteiger partial charge is 0.212 e. The molecule has 0 aliphatic rings. The standard InChI is InChI=1S/C13H15BrN4O/c1-8(2)18-12(11(14)7-17-18)13(19)9-3-4-16-10(5-9)6-15/h3-5,7-8H,6,15H2,1-2H3. The number of rotatable bonds is 4. The molecular weight excluding hydrogens is 308 g/mol. The van der Waals surface area contributed by atoms with Crippen molar-refractivity contribution >= 4 is 21.7 Å². The van der Waals surface area contributed by atoms with E-state index in [0.29, 0.717) is 28.0 Å². The highest BCUT2D eigenvalue weighted by molar-refractivity contribution is 9.10. The van der Waals surface area contributed by atoms with Crippen LogP contribution in [0.2, 0.25) is 0 Å². The van der Waals surface area contributed by atoms with Crippen molar-refractivity contribution in [3.8, 4) is 0 Å². The van der Waals surface area contributed by atoms with Crippen LogP contribution < -0.4 is 5.73 Å². The lowest BCUT2D eigenvalue weighted by atomic mass is 10.1. The first-order valence-electron chi connectivity index (χ1n) is 5.97. The van der Waals surface area contributed by atoms with Crippen molar-refractivity contribution in [2.45, 2.75) is 26.4 Å². The first-order valence-corrected chi connectivity index (χ1v) is 6.76. The number of carbonyl (C=O) groups excluding carboxylic acids is 1. The minimum absolute atomic E-state index is 0.0878. The van der Waals surface area contributed by atoms with Crippen molar-refractivity contribution in [1.29, 1.82) is 0 Å². The van der Waals surface area contributed by atoms with Crippen LogP contribution in [-0.2, 0) is 6.54 Å². The van der Waals surface area contributed by atoms with Gasteiger partial charge in [0.05, 0.1) is 16.4 Å². The van der Waals surface area contributed by atoms with Gasteiger partial charge in [-0.1, -0.05) is 0 Å². The second-order valence-electron chi connectivity index (χ2n) is 4.45. The molecule has 0 aromatic carbocycles. The van der Waals surface area contributed by atoms with Crippen molar-refractivity contribution in [2.24, 2.45) is 5.73 Å². The number of hydrogen-bond donors (Lipinski definition) is 1. The number of nitrogens with zero attached hydrogens (tertiary/aromatic N) is 3. The lowest BCUT2D eigenvalue weighted by molar-refractivity contribution is 0.102. The van der Waals surface area contributed by atoms with E-state index in [1.165, 1.54) is 0 Å². The maximum Gasteiger partial charge on any atom is 0.212 e. The largest absolute Gasteiger partial charge is 0.325 e. The molecule has 0 amide bonds. The summed E-state index contributed by atoms with van der Waals surface area (Å²) in [7, 11) is 0. The van der Waals surface area contributed by atoms with Crippen molar-refractivity contribution in [3.05, 3.63) is 46.0 Å². The van der Waals surface area contributed by atoms with Crippen LogP contribution in [0.25, 0.3) is 0 Å². The Kier molecular flexibility index (Phi) is 4.11. The summed E-state index contributed by atoms with van der Waals surface area (Å²) in [6.45, 7) is 4.27. The van der Waals surface area contributed by atoms with E-state index in [0.717, 1.165) is 0 Å². The maximum absolute atomic E-state index is 12.6.